The molecule has 154 valence electrons. The summed E-state index contributed by atoms with van der Waals surface area (Å²) in [6.07, 6.45) is 1.16. The molecule has 3 aromatic rings. The fraction of sp³-hybridized carbons (Fsp3) is 0.150. The first kappa shape index (κ1) is 20.6. The quantitative estimate of drug-likeness (QED) is 0.324. The number of halogens is 1. The van der Waals surface area contributed by atoms with Crippen molar-refractivity contribution >= 4 is 29.0 Å². The molecule has 0 bridgehead atoms. The number of esters is 1. The Morgan fingerprint density at radius 2 is 1.83 bits per heavy atom. The van der Waals surface area contributed by atoms with Gasteiger partial charge in [-0.2, -0.15) is 0 Å². The summed E-state index contributed by atoms with van der Waals surface area (Å²) in [7, 11) is 0. The van der Waals surface area contributed by atoms with Gasteiger partial charge < -0.3 is 15.4 Å². The van der Waals surface area contributed by atoms with E-state index < -0.39 is 16.6 Å². The lowest BCUT2D eigenvalue weighted by Crippen LogP contribution is -2.11. The minimum Gasteiger partial charge on any atom is -0.462 e. The van der Waals surface area contributed by atoms with E-state index in [0.717, 1.165) is 6.33 Å². The monoisotopic (exact) mass is 411 g/mol. The van der Waals surface area contributed by atoms with Gasteiger partial charge in [-0.1, -0.05) is 24.3 Å². The molecule has 0 unspecified atom stereocenters. The van der Waals surface area contributed by atoms with E-state index in [1.165, 1.54) is 12.1 Å². The lowest BCUT2D eigenvalue weighted by Gasteiger charge is -2.12. The van der Waals surface area contributed by atoms with Gasteiger partial charge >= 0.3 is 11.7 Å². The van der Waals surface area contributed by atoms with Gasteiger partial charge in [-0.15, -0.1) is 0 Å². The smallest absolute Gasteiger partial charge is 0.353 e. The Labute approximate surface area is 171 Å². The van der Waals surface area contributed by atoms with Gasteiger partial charge in [0.2, 0.25) is 11.6 Å². The maximum absolute atomic E-state index is 13.0. The van der Waals surface area contributed by atoms with E-state index in [4.69, 9.17) is 4.74 Å². The van der Waals surface area contributed by atoms with Gasteiger partial charge in [0.05, 0.1) is 22.8 Å². The first-order valence-corrected chi connectivity index (χ1v) is 9.00. The standard InChI is InChI=1S/C20H18FN5O4/c1-2-30-20(27)15-5-3-4-6-16(15)25-19-17(26(28)29)18(23-12-24-19)22-11-13-7-9-14(21)10-8-13/h3-10,12H,2,11H2,1H3,(H2,22,23,24,25). The highest BCUT2D eigenvalue weighted by atomic mass is 19.1. The lowest BCUT2D eigenvalue weighted by molar-refractivity contribution is -0.383. The van der Waals surface area contributed by atoms with Crippen molar-refractivity contribution in [2.45, 2.75) is 13.5 Å². The molecule has 1 aromatic heterocycles. The number of nitrogens with one attached hydrogen (secondary N) is 2. The largest absolute Gasteiger partial charge is 0.462 e. The number of nitro groups is 1. The van der Waals surface area contributed by atoms with E-state index in [2.05, 4.69) is 20.6 Å². The summed E-state index contributed by atoms with van der Waals surface area (Å²) in [5.41, 5.74) is 0.847. The number of benzene rings is 2. The van der Waals surface area contributed by atoms with E-state index in [0.29, 0.717) is 11.3 Å². The molecular formula is C20H18FN5O4. The first-order chi connectivity index (χ1) is 14.5. The summed E-state index contributed by atoms with van der Waals surface area (Å²) in [5, 5.41) is 17.4. The second-order valence-electron chi connectivity index (χ2n) is 6.05. The zero-order valence-electron chi connectivity index (χ0n) is 16.0. The van der Waals surface area contributed by atoms with Crippen molar-refractivity contribution in [3.63, 3.8) is 0 Å². The third-order valence-corrected chi connectivity index (χ3v) is 4.05. The molecule has 0 spiro atoms. The molecule has 0 radical (unpaired) electrons. The first-order valence-electron chi connectivity index (χ1n) is 9.00. The van der Waals surface area contributed by atoms with Crippen LogP contribution in [0.4, 0.5) is 27.4 Å². The van der Waals surface area contributed by atoms with E-state index >= 15 is 0 Å². The predicted molar refractivity (Wildman–Crippen MR) is 108 cm³/mol. The Kier molecular flexibility index (Phi) is 6.48. The lowest BCUT2D eigenvalue weighted by atomic mass is 10.1. The zero-order valence-corrected chi connectivity index (χ0v) is 16.0. The maximum atomic E-state index is 13.0. The van der Waals surface area contributed by atoms with E-state index in [9.17, 15) is 19.3 Å². The van der Waals surface area contributed by atoms with Crippen molar-refractivity contribution in [1.82, 2.24) is 9.97 Å². The average molecular weight is 411 g/mol. The number of anilines is 3. The highest BCUT2D eigenvalue weighted by molar-refractivity contribution is 5.96. The van der Waals surface area contributed by atoms with Crippen LogP contribution in [0, 0.1) is 15.9 Å². The molecule has 0 amide bonds. The molecule has 0 saturated heterocycles. The van der Waals surface area contributed by atoms with Gasteiger partial charge in [-0.3, -0.25) is 10.1 Å². The van der Waals surface area contributed by atoms with E-state index in [-0.39, 0.29) is 36.2 Å². The number of ether oxygens (including phenoxy) is 1. The molecular weight excluding hydrogens is 393 g/mol. The molecule has 10 heteroatoms. The third kappa shape index (κ3) is 4.85. The number of carbonyl (C=O) groups is 1. The Morgan fingerprint density at radius 3 is 2.53 bits per heavy atom. The highest BCUT2D eigenvalue weighted by Gasteiger charge is 2.24. The SMILES string of the molecule is CCOC(=O)c1ccccc1Nc1ncnc(NCc2ccc(F)cc2)c1[N+](=O)[O-]. The molecule has 3 rings (SSSR count). The molecule has 2 aromatic carbocycles. The number of para-hydroxylation sites is 1. The highest BCUT2D eigenvalue weighted by Crippen LogP contribution is 2.32. The Morgan fingerprint density at radius 1 is 1.13 bits per heavy atom. The van der Waals surface area contributed by atoms with Crippen molar-refractivity contribution in [3.05, 3.63) is 81.9 Å². The summed E-state index contributed by atoms with van der Waals surface area (Å²) in [6.45, 7) is 2.07. The van der Waals surface area contributed by atoms with Crippen LogP contribution < -0.4 is 10.6 Å². The number of aromatic nitrogens is 2. The van der Waals surface area contributed by atoms with Crippen LogP contribution in [0.5, 0.6) is 0 Å². The van der Waals surface area contributed by atoms with Gasteiger partial charge in [-0.05, 0) is 36.8 Å². The van der Waals surface area contributed by atoms with Gasteiger partial charge in [-0.25, -0.2) is 19.2 Å². The second kappa shape index (κ2) is 9.41. The fourth-order valence-corrected chi connectivity index (χ4v) is 2.67. The number of carbonyl (C=O) groups excluding carboxylic acids is 1. The minimum absolute atomic E-state index is 0.0181. The third-order valence-electron chi connectivity index (χ3n) is 4.05. The van der Waals surface area contributed by atoms with Crippen LogP contribution in [0.1, 0.15) is 22.8 Å². The summed E-state index contributed by atoms with van der Waals surface area (Å²) < 4.78 is 18.1. The van der Waals surface area contributed by atoms with Gasteiger partial charge in [0.25, 0.3) is 0 Å². The van der Waals surface area contributed by atoms with Gasteiger partial charge in [0, 0.05) is 6.54 Å². The van der Waals surface area contributed by atoms with E-state index in [1.807, 2.05) is 0 Å². The van der Waals surface area contributed by atoms with Crippen molar-refractivity contribution in [2.75, 3.05) is 17.2 Å². The molecule has 0 aliphatic heterocycles. The predicted octanol–water partition coefficient (Wildman–Crippen LogP) is 4.06. The molecule has 30 heavy (non-hydrogen) atoms. The molecule has 0 aliphatic rings. The van der Waals surface area contributed by atoms with Crippen molar-refractivity contribution < 1.29 is 18.8 Å². The molecule has 0 atom stereocenters. The Hall–Kier alpha value is -4.08. The van der Waals surface area contributed by atoms with Crippen LogP contribution in [0.2, 0.25) is 0 Å². The number of nitrogens with zero attached hydrogens (tertiary/aromatic N) is 3. The molecule has 1 heterocycles. The molecule has 2 N–H and O–H groups in total. The molecule has 0 aliphatic carbocycles. The van der Waals surface area contributed by atoms with Crippen LogP contribution in [-0.4, -0.2) is 27.5 Å². The zero-order chi connectivity index (χ0) is 21.5. The van der Waals surface area contributed by atoms with E-state index in [1.54, 1.807) is 43.3 Å². The molecule has 9 nitrogen and oxygen atoms in total. The van der Waals surface area contributed by atoms with Gasteiger partial charge in [0.15, 0.2) is 0 Å². The molecule has 0 fully saturated rings. The van der Waals surface area contributed by atoms with Crippen LogP contribution in [0.15, 0.2) is 54.9 Å². The van der Waals surface area contributed by atoms with Crippen LogP contribution in [0.3, 0.4) is 0 Å². The van der Waals surface area contributed by atoms with Crippen molar-refractivity contribution in [1.29, 1.82) is 0 Å². The van der Waals surface area contributed by atoms with Crippen LogP contribution in [0.25, 0.3) is 0 Å². The van der Waals surface area contributed by atoms with Crippen LogP contribution >= 0.6 is 0 Å². The normalized spacial score (nSPS) is 10.3. The number of hydrogen-bond acceptors (Lipinski definition) is 8. The average Bonchev–Trinajstić information content (AvgIpc) is 2.73. The topological polar surface area (TPSA) is 119 Å². The summed E-state index contributed by atoms with van der Waals surface area (Å²) in [4.78, 5) is 31.2. The minimum atomic E-state index is -0.623. The summed E-state index contributed by atoms with van der Waals surface area (Å²) in [5.74, 6) is -1.05. The van der Waals surface area contributed by atoms with Crippen molar-refractivity contribution in [2.24, 2.45) is 0 Å². The Balaban J connectivity index is 1.89. The van der Waals surface area contributed by atoms with Crippen LogP contribution in [-0.2, 0) is 11.3 Å². The number of hydrogen-bond donors (Lipinski definition) is 2. The second-order valence-corrected chi connectivity index (χ2v) is 6.05. The summed E-state index contributed by atoms with van der Waals surface area (Å²) in [6, 6.07) is 12.2. The van der Waals surface area contributed by atoms with Gasteiger partial charge in [0.1, 0.15) is 12.1 Å². The summed E-state index contributed by atoms with van der Waals surface area (Å²) >= 11 is 0. The maximum Gasteiger partial charge on any atom is 0.353 e. The van der Waals surface area contributed by atoms with Crippen molar-refractivity contribution in [3.8, 4) is 0 Å². The Bertz CT molecular complexity index is 1060. The number of rotatable bonds is 8. The molecule has 0 saturated carbocycles. The fourth-order valence-electron chi connectivity index (χ4n) is 2.67.